The predicted octanol–water partition coefficient (Wildman–Crippen LogP) is 3.72. The summed E-state index contributed by atoms with van der Waals surface area (Å²) in [7, 11) is 0. The zero-order chi connectivity index (χ0) is 19.2. The van der Waals surface area contributed by atoms with Crippen molar-refractivity contribution in [2.45, 2.75) is 27.3 Å². The second-order valence-electron chi connectivity index (χ2n) is 5.96. The van der Waals surface area contributed by atoms with Crippen LogP contribution < -0.4 is 16.0 Å². The second-order valence-corrected chi connectivity index (χ2v) is 6.96. The van der Waals surface area contributed by atoms with Gasteiger partial charge in [-0.2, -0.15) is 0 Å². The van der Waals surface area contributed by atoms with E-state index in [0.717, 1.165) is 39.2 Å². The molecule has 0 atom stereocenters. The van der Waals surface area contributed by atoms with Crippen molar-refractivity contribution in [3.8, 4) is 10.6 Å². The van der Waals surface area contributed by atoms with E-state index in [4.69, 9.17) is 0 Å². The standard InChI is InChI=1S/C19H22N6OS/c1-4-20-19-23-12(2)17(27-19)16-8-9-21-18(25-16)24-15-7-5-6-14(10-15)11-22-13(3)26/h5-10H,4,11H2,1-3H3,(H,20,23)(H,22,26)(H,21,24,25). The topological polar surface area (TPSA) is 91.8 Å². The van der Waals surface area contributed by atoms with E-state index >= 15 is 0 Å². The van der Waals surface area contributed by atoms with Crippen molar-refractivity contribution < 1.29 is 4.79 Å². The van der Waals surface area contributed by atoms with Crippen LogP contribution in [0.5, 0.6) is 0 Å². The van der Waals surface area contributed by atoms with Crippen LogP contribution in [0.25, 0.3) is 10.6 Å². The van der Waals surface area contributed by atoms with Gasteiger partial charge in [0.25, 0.3) is 0 Å². The van der Waals surface area contributed by atoms with Gasteiger partial charge in [0.15, 0.2) is 5.13 Å². The minimum Gasteiger partial charge on any atom is -0.362 e. The molecule has 0 aliphatic heterocycles. The quantitative estimate of drug-likeness (QED) is 0.577. The van der Waals surface area contributed by atoms with Gasteiger partial charge in [0, 0.05) is 31.9 Å². The van der Waals surface area contributed by atoms with Crippen molar-refractivity contribution in [1.29, 1.82) is 0 Å². The molecule has 2 heterocycles. The van der Waals surface area contributed by atoms with Crippen LogP contribution in [0, 0.1) is 6.92 Å². The summed E-state index contributed by atoms with van der Waals surface area (Å²) in [5, 5.41) is 10.1. The van der Waals surface area contributed by atoms with E-state index in [1.165, 1.54) is 6.92 Å². The molecule has 0 aliphatic carbocycles. The Hall–Kier alpha value is -3.00. The van der Waals surface area contributed by atoms with Crippen molar-refractivity contribution in [2.75, 3.05) is 17.2 Å². The molecule has 1 amide bonds. The molecule has 1 aromatic carbocycles. The summed E-state index contributed by atoms with van der Waals surface area (Å²) in [5.41, 5.74) is 3.64. The Morgan fingerprint density at radius 1 is 1.22 bits per heavy atom. The number of hydrogen-bond acceptors (Lipinski definition) is 7. The number of carbonyl (C=O) groups is 1. The first kappa shape index (κ1) is 18.8. The lowest BCUT2D eigenvalue weighted by Gasteiger charge is -2.08. The minimum absolute atomic E-state index is 0.0544. The van der Waals surface area contributed by atoms with E-state index in [0.29, 0.717) is 12.5 Å². The fraction of sp³-hybridized carbons (Fsp3) is 0.263. The third kappa shape index (κ3) is 5.01. The van der Waals surface area contributed by atoms with E-state index in [9.17, 15) is 4.79 Å². The fourth-order valence-corrected chi connectivity index (χ4v) is 3.53. The number of anilines is 3. The van der Waals surface area contributed by atoms with Crippen molar-refractivity contribution in [1.82, 2.24) is 20.3 Å². The maximum absolute atomic E-state index is 11.1. The summed E-state index contributed by atoms with van der Waals surface area (Å²) >= 11 is 1.58. The van der Waals surface area contributed by atoms with E-state index < -0.39 is 0 Å². The molecule has 0 unspecified atom stereocenters. The summed E-state index contributed by atoms with van der Waals surface area (Å²) < 4.78 is 0. The molecule has 0 aliphatic rings. The number of amides is 1. The molecule has 0 spiro atoms. The van der Waals surface area contributed by atoms with Crippen LogP contribution in [0.1, 0.15) is 25.1 Å². The maximum Gasteiger partial charge on any atom is 0.227 e. The summed E-state index contributed by atoms with van der Waals surface area (Å²) in [6, 6.07) is 9.68. The van der Waals surface area contributed by atoms with Crippen molar-refractivity contribution in [3.05, 3.63) is 47.8 Å². The zero-order valence-electron chi connectivity index (χ0n) is 15.5. The monoisotopic (exact) mass is 382 g/mol. The first-order valence-electron chi connectivity index (χ1n) is 8.70. The molecule has 3 N–H and O–H groups in total. The first-order chi connectivity index (χ1) is 13.0. The number of aromatic nitrogens is 3. The van der Waals surface area contributed by atoms with Crippen molar-refractivity contribution in [3.63, 3.8) is 0 Å². The van der Waals surface area contributed by atoms with Gasteiger partial charge in [0.1, 0.15) is 0 Å². The highest BCUT2D eigenvalue weighted by Gasteiger charge is 2.12. The zero-order valence-corrected chi connectivity index (χ0v) is 16.4. The Kier molecular flexibility index (Phi) is 5.97. The lowest BCUT2D eigenvalue weighted by molar-refractivity contribution is -0.119. The Morgan fingerprint density at radius 2 is 2.07 bits per heavy atom. The van der Waals surface area contributed by atoms with Gasteiger partial charge in [-0.05, 0) is 37.6 Å². The van der Waals surface area contributed by atoms with Crippen LogP contribution in [0.2, 0.25) is 0 Å². The largest absolute Gasteiger partial charge is 0.362 e. The number of nitrogens with zero attached hydrogens (tertiary/aromatic N) is 3. The number of rotatable bonds is 7. The molecule has 8 heteroatoms. The minimum atomic E-state index is -0.0544. The SMILES string of the molecule is CCNc1nc(C)c(-c2ccnc(Nc3cccc(CNC(C)=O)c3)n2)s1. The van der Waals surface area contributed by atoms with E-state index in [-0.39, 0.29) is 5.91 Å². The Labute approximate surface area is 162 Å². The van der Waals surface area contributed by atoms with E-state index in [2.05, 4.69) is 30.9 Å². The molecule has 0 radical (unpaired) electrons. The maximum atomic E-state index is 11.1. The van der Waals surface area contributed by atoms with Crippen LogP contribution in [0.3, 0.4) is 0 Å². The second kappa shape index (κ2) is 8.59. The van der Waals surface area contributed by atoms with Gasteiger partial charge < -0.3 is 16.0 Å². The van der Waals surface area contributed by atoms with Crippen LogP contribution >= 0.6 is 11.3 Å². The molecule has 3 rings (SSSR count). The summed E-state index contributed by atoms with van der Waals surface area (Å²) in [5.74, 6) is 0.461. The Balaban J connectivity index is 1.78. The average molecular weight is 382 g/mol. The molecule has 0 saturated carbocycles. The summed E-state index contributed by atoms with van der Waals surface area (Å²) in [4.78, 5) is 25.6. The third-order valence-electron chi connectivity index (χ3n) is 3.74. The molecule has 2 aromatic heterocycles. The van der Waals surface area contributed by atoms with Gasteiger partial charge in [-0.25, -0.2) is 15.0 Å². The van der Waals surface area contributed by atoms with Crippen LogP contribution in [-0.2, 0) is 11.3 Å². The number of nitrogens with one attached hydrogen (secondary N) is 3. The number of thiazole rings is 1. The fourth-order valence-electron chi connectivity index (χ4n) is 2.52. The van der Waals surface area contributed by atoms with Gasteiger partial charge in [-0.3, -0.25) is 4.79 Å². The molecular formula is C19H22N6OS. The molecule has 3 aromatic rings. The smallest absolute Gasteiger partial charge is 0.227 e. The summed E-state index contributed by atoms with van der Waals surface area (Å²) in [6.07, 6.45) is 1.73. The highest BCUT2D eigenvalue weighted by molar-refractivity contribution is 7.19. The lowest BCUT2D eigenvalue weighted by atomic mass is 10.2. The van der Waals surface area contributed by atoms with Crippen molar-refractivity contribution in [2.24, 2.45) is 0 Å². The Bertz CT molecular complexity index is 939. The highest BCUT2D eigenvalue weighted by atomic mass is 32.1. The van der Waals surface area contributed by atoms with Crippen LogP contribution in [-0.4, -0.2) is 27.4 Å². The Morgan fingerprint density at radius 3 is 2.85 bits per heavy atom. The highest BCUT2D eigenvalue weighted by Crippen LogP contribution is 2.31. The van der Waals surface area contributed by atoms with Gasteiger partial charge in [0.2, 0.25) is 11.9 Å². The predicted molar refractivity (Wildman–Crippen MR) is 109 cm³/mol. The number of benzene rings is 1. The molecule has 0 saturated heterocycles. The van der Waals surface area contributed by atoms with E-state index in [1.54, 1.807) is 17.5 Å². The van der Waals surface area contributed by atoms with Crippen LogP contribution in [0.15, 0.2) is 36.5 Å². The first-order valence-corrected chi connectivity index (χ1v) is 9.52. The normalized spacial score (nSPS) is 10.5. The van der Waals surface area contributed by atoms with Gasteiger partial charge in [-0.15, -0.1) is 0 Å². The number of hydrogen-bond donors (Lipinski definition) is 3. The number of carbonyl (C=O) groups excluding carboxylic acids is 1. The van der Waals surface area contributed by atoms with Gasteiger partial charge in [0.05, 0.1) is 16.3 Å². The van der Waals surface area contributed by atoms with Gasteiger partial charge >= 0.3 is 0 Å². The molecule has 0 fully saturated rings. The third-order valence-corrected chi connectivity index (χ3v) is 4.88. The van der Waals surface area contributed by atoms with Gasteiger partial charge in [-0.1, -0.05) is 23.5 Å². The van der Waals surface area contributed by atoms with E-state index in [1.807, 2.05) is 44.2 Å². The molecular weight excluding hydrogens is 360 g/mol. The molecule has 140 valence electrons. The average Bonchev–Trinajstić information content (AvgIpc) is 3.01. The van der Waals surface area contributed by atoms with Crippen molar-refractivity contribution >= 4 is 34.0 Å². The lowest BCUT2D eigenvalue weighted by Crippen LogP contribution is -2.18. The van der Waals surface area contributed by atoms with Crippen LogP contribution in [0.4, 0.5) is 16.8 Å². The number of aryl methyl sites for hydroxylation is 1. The molecule has 27 heavy (non-hydrogen) atoms. The molecule has 7 nitrogen and oxygen atoms in total. The molecule has 0 bridgehead atoms. The summed E-state index contributed by atoms with van der Waals surface area (Å²) in [6.45, 7) is 6.84.